The van der Waals surface area contributed by atoms with Crippen LogP contribution in [-0.4, -0.2) is 36.7 Å². The fourth-order valence-corrected chi connectivity index (χ4v) is 5.93. The Balaban J connectivity index is 1.37. The lowest BCUT2D eigenvalue weighted by Gasteiger charge is -2.18. The van der Waals surface area contributed by atoms with E-state index >= 15 is 0 Å². The molecule has 1 aliphatic rings. The second-order valence-electron chi connectivity index (χ2n) is 9.42. The lowest BCUT2D eigenvalue weighted by molar-refractivity contribution is -0.127. The molecule has 0 saturated heterocycles. The lowest BCUT2D eigenvalue weighted by Crippen LogP contribution is -2.33. The molecule has 0 unspecified atom stereocenters. The highest BCUT2D eigenvalue weighted by molar-refractivity contribution is 7.17. The first-order valence-corrected chi connectivity index (χ1v) is 14.4. The first-order chi connectivity index (χ1) is 19.2. The van der Waals surface area contributed by atoms with Crippen LogP contribution < -0.4 is 15.5 Å². The number of anilines is 1. The number of ether oxygens (including phenoxy) is 2. The fourth-order valence-electron chi connectivity index (χ4n) is 4.23. The monoisotopic (exact) mass is 601 g/mol. The van der Waals surface area contributed by atoms with Crippen LogP contribution in [0.5, 0.6) is 5.75 Å². The van der Waals surface area contributed by atoms with Crippen LogP contribution in [-0.2, 0) is 22.4 Å². The highest BCUT2D eigenvalue weighted by Crippen LogP contribution is 2.40. The minimum Gasteiger partial charge on any atom is -0.481 e. The van der Waals surface area contributed by atoms with Crippen LogP contribution in [0.15, 0.2) is 47.6 Å². The zero-order valence-electron chi connectivity index (χ0n) is 22.3. The van der Waals surface area contributed by atoms with Crippen molar-refractivity contribution in [3.8, 4) is 5.75 Å². The second kappa shape index (κ2) is 13.3. The van der Waals surface area contributed by atoms with Gasteiger partial charge >= 0.3 is 5.97 Å². The van der Waals surface area contributed by atoms with Gasteiger partial charge in [-0.1, -0.05) is 36.2 Å². The molecule has 3 aromatic rings. The van der Waals surface area contributed by atoms with Crippen molar-refractivity contribution < 1.29 is 23.9 Å². The molecule has 0 saturated carbocycles. The van der Waals surface area contributed by atoms with Crippen molar-refractivity contribution >= 4 is 63.5 Å². The van der Waals surface area contributed by atoms with E-state index in [1.165, 1.54) is 17.6 Å². The molecular weight excluding hydrogens is 573 g/mol. The number of amides is 2. The topological polar surface area (TPSA) is 106 Å². The summed E-state index contributed by atoms with van der Waals surface area (Å²) in [6.07, 6.45) is 3.25. The number of esters is 1. The quantitative estimate of drug-likeness (QED) is 0.165. The maximum absolute atomic E-state index is 13.0. The third-order valence-electron chi connectivity index (χ3n) is 6.35. The average Bonchev–Trinajstić information content (AvgIpc) is 3.27. The molecule has 0 radical (unpaired) electrons. The van der Waals surface area contributed by atoms with Crippen molar-refractivity contribution in [1.29, 1.82) is 0 Å². The summed E-state index contributed by atoms with van der Waals surface area (Å²) in [5, 5.41) is 8.14. The molecule has 0 fully saturated rings. The van der Waals surface area contributed by atoms with Crippen molar-refractivity contribution in [2.24, 2.45) is 11.0 Å². The van der Waals surface area contributed by atoms with Gasteiger partial charge in [-0.05, 0) is 86.6 Å². The maximum Gasteiger partial charge on any atom is 0.341 e. The van der Waals surface area contributed by atoms with Crippen LogP contribution in [0.25, 0.3) is 0 Å². The largest absolute Gasteiger partial charge is 0.481 e. The van der Waals surface area contributed by atoms with Gasteiger partial charge in [0.25, 0.3) is 11.8 Å². The number of carbonyl (C=O) groups is 3. The number of halogens is 2. The first kappa shape index (κ1) is 29.6. The molecule has 210 valence electrons. The number of carbonyl (C=O) groups excluding carboxylic acids is 3. The van der Waals surface area contributed by atoms with Gasteiger partial charge in [0.2, 0.25) is 0 Å². The number of hydrogen-bond donors (Lipinski definition) is 2. The van der Waals surface area contributed by atoms with Gasteiger partial charge in [-0.3, -0.25) is 9.59 Å². The molecule has 0 aliphatic heterocycles. The minimum absolute atomic E-state index is 0.259. The molecule has 40 heavy (non-hydrogen) atoms. The Morgan fingerprint density at radius 3 is 2.60 bits per heavy atom. The summed E-state index contributed by atoms with van der Waals surface area (Å²) in [6, 6.07) is 11.4. The molecule has 2 N–H and O–H groups in total. The summed E-state index contributed by atoms with van der Waals surface area (Å²) in [4.78, 5) is 39.3. The first-order valence-electron chi connectivity index (χ1n) is 12.8. The van der Waals surface area contributed by atoms with E-state index in [-0.39, 0.29) is 12.5 Å². The molecule has 8 nitrogen and oxygen atoms in total. The molecule has 2 atom stereocenters. The minimum atomic E-state index is -0.849. The number of nitrogens with zero attached hydrogens (tertiary/aromatic N) is 1. The molecule has 4 rings (SSSR count). The van der Waals surface area contributed by atoms with Crippen molar-refractivity contribution in [3.05, 3.63) is 79.6 Å². The number of rotatable bonds is 9. The Hall–Kier alpha value is -3.40. The maximum atomic E-state index is 13.0. The van der Waals surface area contributed by atoms with E-state index in [1.807, 2.05) is 0 Å². The summed E-state index contributed by atoms with van der Waals surface area (Å²) < 4.78 is 11.0. The third-order valence-corrected chi connectivity index (χ3v) is 8.26. The molecule has 11 heteroatoms. The molecular formula is C29H29Cl2N3O5S. The van der Waals surface area contributed by atoms with Crippen LogP contribution in [0.4, 0.5) is 5.00 Å². The smallest absolute Gasteiger partial charge is 0.341 e. The third kappa shape index (κ3) is 7.21. The Kier molecular flexibility index (Phi) is 9.84. The Morgan fingerprint density at radius 1 is 1.15 bits per heavy atom. The van der Waals surface area contributed by atoms with E-state index in [9.17, 15) is 14.4 Å². The molecule has 2 aromatic carbocycles. The number of nitrogens with one attached hydrogen (secondary N) is 2. The van der Waals surface area contributed by atoms with Gasteiger partial charge in [-0.25, -0.2) is 10.2 Å². The van der Waals surface area contributed by atoms with E-state index in [4.69, 9.17) is 32.7 Å². The Bertz CT molecular complexity index is 1440. The van der Waals surface area contributed by atoms with Gasteiger partial charge in [0.15, 0.2) is 6.10 Å². The standard InChI is InChI=1S/C29H29Cl2N3O5S/c1-4-38-29(37)25-21-11-5-16(2)13-24(21)40-28(25)33-27(36)19-7-9-20(10-8-19)39-17(3)26(35)34-32-15-18-6-12-22(30)23(31)14-18/h6-10,12,14-17H,4-5,11,13H2,1-3H3,(H,33,36)(H,34,35)/b32-15-/t16-,17-/m1/s1. The van der Waals surface area contributed by atoms with Gasteiger partial charge in [0.1, 0.15) is 10.8 Å². The summed E-state index contributed by atoms with van der Waals surface area (Å²) in [5.41, 5.74) is 4.91. The van der Waals surface area contributed by atoms with Gasteiger partial charge < -0.3 is 14.8 Å². The van der Waals surface area contributed by atoms with Crippen molar-refractivity contribution in [1.82, 2.24) is 5.43 Å². The summed E-state index contributed by atoms with van der Waals surface area (Å²) in [6.45, 7) is 5.79. The Labute approximate surface area is 246 Å². The zero-order valence-corrected chi connectivity index (χ0v) is 24.6. The number of thiophene rings is 1. The van der Waals surface area contributed by atoms with E-state index in [0.29, 0.717) is 43.4 Å². The summed E-state index contributed by atoms with van der Waals surface area (Å²) in [5.74, 6) is -0.300. The molecule has 0 bridgehead atoms. The van der Waals surface area contributed by atoms with Crippen molar-refractivity contribution in [3.63, 3.8) is 0 Å². The SMILES string of the molecule is CCOC(=O)c1c(NC(=O)c2ccc(O[C@H](C)C(=O)N/N=C\c3ccc(Cl)c(Cl)c3)cc2)sc2c1CC[C@@H](C)C2. The average molecular weight is 603 g/mol. The predicted molar refractivity (Wildman–Crippen MR) is 158 cm³/mol. The summed E-state index contributed by atoms with van der Waals surface area (Å²) >= 11 is 13.3. The van der Waals surface area contributed by atoms with E-state index in [2.05, 4.69) is 22.8 Å². The Morgan fingerprint density at radius 2 is 1.90 bits per heavy atom. The highest BCUT2D eigenvalue weighted by Gasteiger charge is 2.29. The van der Waals surface area contributed by atoms with Crippen LogP contribution in [0.2, 0.25) is 10.0 Å². The normalized spacial score (nSPS) is 15.3. The molecule has 1 heterocycles. The van der Waals surface area contributed by atoms with E-state index in [0.717, 1.165) is 29.7 Å². The lowest BCUT2D eigenvalue weighted by atomic mass is 9.88. The second-order valence-corrected chi connectivity index (χ2v) is 11.3. The molecule has 1 aliphatic carbocycles. The van der Waals surface area contributed by atoms with Crippen LogP contribution >= 0.6 is 34.5 Å². The number of fused-ring (bicyclic) bond motifs is 1. The number of hydrazone groups is 1. The van der Waals surface area contributed by atoms with E-state index in [1.54, 1.807) is 56.3 Å². The predicted octanol–water partition coefficient (Wildman–Crippen LogP) is 6.53. The molecule has 0 spiro atoms. The van der Waals surface area contributed by atoms with Crippen LogP contribution in [0, 0.1) is 5.92 Å². The molecule has 2 amide bonds. The number of hydrogen-bond acceptors (Lipinski definition) is 7. The van der Waals surface area contributed by atoms with E-state index < -0.39 is 18.0 Å². The zero-order chi connectivity index (χ0) is 28.8. The van der Waals surface area contributed by atoms with Gasteiger partial charge in [-0.15, -0.1) is 11.3 Å². The molecule has 1 aromatic heterocycles. The van der Waals surface area contributed by atoms with Crippen molar-refractivity contribution in [2.45, 2.75) is 46.1 Å². The van der Waals surface area contributed by atoms with Gasteiger partial charge in [0, 0.05) is 10.4 Å². The van der Waals surface area contributed by atoms with Gasteiger partial charge in [0.05, 0.1) is 28.4 Å². The summed E-state index contributed by atoms with van der Waals surface area (Å²) in [7, 11) is 0. The highest BCUT2D eigenvalue weighted by atomic mass is 35.5. The fraction of sp³-hybridized carbons (Fsp3) is 0.310. The van der Waals surface area contributed by atoms with Crippen LogP contribution in [0.1, 0.15) is 63.9 Å². The number of benzene rings is 2. The van der Waals surface area contributed by atoms with Crippen molar-refractivity contribution in [2.75, 3.05) is 11.9 Å². The van der Waals surface area contributed by atoms with Crippen LogP contribution in [0.3, 0.4) is 0 Å². The van der Waals surface area contributed by atoms with Gasteiger partial charge in [-0.2, -0.15) is 5.10 Å².